The summed E-state index contributed by atoms with van der Waals surface area (Å²) in [7, 11) is 0. The Morgan fingerprint density at radius 3 is 2.23 bits per heavy atom. The maximum absolute atomic E-state index is 12.4. The van der Waals surface area contributed by atoms with E-state index in [1.54, 1.807) is 0 Å². The lowest BCUT2D eigenvalue weighted by Gasteiger charge is -2.21. The highest BCUT2D eigenvalue weighted by atomic mass is 16.1. The third kappa shape index (κ3) is 3.48. The second-order valence-electron chi connectivity index (χ2n) is 5.42. The Morgan fingerprint density at radius 2 is 1.64 bits per heavy atom. The SMILES string of the molecule is CCN(CC)c1ccc(C(=O)Nc2cccc(C)c2C)cc1. The molecule has 1 amide bonds. The number of carbonyl (C=O) groups excluding carboxylic acids is 1. The first-order chi connectivity index (χ1) is 10.6. The number of rotatable bonds is 5. The van der Waals surface area contributed by atoms with Gasteiger partial charge in [-0.25, -0.2) is 0 Å². The lowest BCUT2D eigenvalue weighted by atomic mass is 10.1. The van der Waals surface area contributed by atoms with Crippen LogP contribution in [-0.2, 0) is 0 Å². The average Bonchev–Trinajstić information content (AvgIpc) is 2.53. The number of carbonyl (C=O) groups is 1. The van der Waals surface area contributed by atoms with Gasteiger partial charge in [0.2, 0.25) is 0 Å². The maximum atomic E-state index is 12.4. The van der Waals surface area contributed by atoms with E-state index in [2.05, 4.69) is 24.1 Å². The van der Waals surface area contributed by atoms with Crippen molar-refractivity contribution in [3.63, 3.8) is 0 Å². The van der Waals surface area contributed by atoms with Gasteiger partial charge in [0.05, 0.1) is 0 Å². The van der Waals surface area contributed by atoms with Gasteiger partial charge in [0.15, 0.2) is 0 Å². The van der Waals surface area contributed by atoms with Gasteiger partial charge in [-0.3, -0.25) is 4.79 Å². The van der Waals surface area contributed by atoms with Crippen LogP contribution in [0.4, 0.5) is 11.4 Å². The first-order valence-corrected chi connectivity index (χ1v) is 7.79. The van der Waals surface area contributed by atoms with Crippen LogP contribution in [0.2, 0.25) is 0 Å². The van der Waals surface area contributed by atoms with E-state index in [-0.39, 0.29) is 5.91 Å². The Hall–Kier alpha value is -2.29. The molecule has 0 aliphatic rings. The van der Waals surface area contributed by atoms with Gasteiger partial charge in [0.25, 0.3) is 5.91 Å². The highest BCUT2D eigenvalue weighted by molar-refractivity contribution is 6.04. The molecule has 22 heavy (non-hydrogen) atoms. The fourth-order valence-electron chi connectivity index (χ4n) is 2.49. The molecule has 0 radical (unpaired) electrons. The summed E-state index contributed by atoms with van der Waals surface area (Å²) in [5, 5.41) is 2.99. The van der Waals surface area contributed by atoms with E-state index in [1.807, 2.05) is 56.3 Å². The monoisotopic (exact) mass is 296 g/mol. The van der Waals surface area contributed by atoms with E-state index in [0.717, 1.165) is 30.0 Å². The molecule has 0 atom stereocenters. The molecule has 0 bridgehead atoms. The van der Waals surface area contributed by atoms with Crippen molar-refractivity contribution in [2.24, 2.45) is 0 Å². The minimum Gasteiger partial charge on any atom is -0.372 e. The van der Waals surface area contributed by atoms with Crippen LogP contribution in [0, 0.1) is 13.8 Å². The van der Waals surface area contributed by atoms with Crippen LogP contribution in [0.15, 0.2) is 42.5 Å². The minimum absolute atomic E-state index is 0.0696. The smallest absolute Gasteiger partial charge is 0.255 e. The van der Waals surface area contributed by atoms with Crippen molar-refractivity contribution in [2.45, 2.75) is 27.7 Å². The maximum Gasteiger partial charge on any atom is 0.255 e. The molecule has 0 aromatic heterocycles. The van der Waals surface area contributed by atoms with Crippen LogP contribution >= 0.6 is 0 Å². The Balaban J connectivity index is 2.15. The fourth-order valence-corrected chi connectivity index (χ4v) is 2.49. The Labute approximate surface area is 133 Å². The zero-order valence-corrected chi connectivity index (χ0v) is 13.8. The quantitative estimate of drug-likeness (QED) is 0.887. The molecular formula is C19H24N2O. The molecule has 2 aromatic carbocycles. The first-order valence-electron chi connectivity index (χ1n) is 7.79. The molecule has 0 aliphatic heterocycles. The number of nitrogens with one attached hydrogen (secondary N) is 1. The predicted molar refractivity (Wildman–Crippen MR) is 93.9 cm³/mol. The second kappa shape index (κ2) is 7.12. The normalized spacial score (nSPS) is 10.4. The van der Waals surface area contributed by atoms with E-state index >= 15 is 0 Å². The lowest BCUT2D eigenvalue weighted by molar-refractivity contribution is 0.102. The number of aryl methyl sites for hydroxylation is 1. The molecule has 0 fully saturated rings. The van der Waals surface area contributed by atoms with Crippen molar-refractivity contribution in [1.29, 1.82) is 0 Å². The number of hydrogen-bond acceptors (Lipinski definition) is 2. The fraction of sp³-hybridized carbons (Fsp3) is 0.316. The molecule has 1 N–H and O–H groups in total. The number of benzene rings is 2. The van der Waals surface area contributed by atoms with Crippen LogP contribution in [-0.4, -0.2) is 19.0 Å². The number of hydrogen-bond donors (Lipinski definition) is 1. The molecule has 116 valence electrons. The molecule has 0 heterocycles. The number of anilines is 2. The van der Waals surface area contributed by atoms with Crippen molar-refractivity contribution in [2.75, 3.05) is 23.3 Å². The summed E-state index contributed by atoms with van der Waals surface area (Å²) >= 11 is 0. The minimum atomic E-state index is -0.0696. The number of amides is 1. The third-order valence-electron chi connectivity index (χ3n) is 4.11. The molecule has 2 rings (SSSR count). The Kier molecular flexibility index (Phi) is 5.21. The van der Waals surface area contributed by atoms with E-state index in [4.69, 9.17) is 0 Å². The average molecular weight is 296 g/mol. The molecule has 0 spiro atoms. The standard InChI is InChI=1S/C19H24N2O/c1-5-21(6-2)17-12-10-16(11-13-17)19(22)20-18-9-7-8-14(3)15(18)4/h7-13H,5-6H2,1-4H3,(H,20,22). The van der Waals surface area contributed by atoms with Crippen LogP contribution < -0.4 is 10.2 Å². The van der Waals surface area contributed by atoms with Gasteiger partial charge in [-0.05, 0) is 69.2 Å². The molecule has 0 aliphatic carbocycles. The van der Waals surface area contributed by atoms with Gasteiger partial charge in [-0.15, -0.1) is 0 Å². The molecule has 0 saturated carbocycles. The Morgan fingerprint density at radius 1 is 1.00 bits per heavy atom. The van der Waals surface area contributed by atoms with E-state index < -0.39 is 0 Å². The summed E-state index contributed by atoms with van der Waals surface area (Å²) in [4.78, 5) is 14.6. The van der Waals surface area contributed by atoms with Crippen LogP contribution in [0.25, 0.3) is 0 Å². The molecule has 0 unspecified atom stereocenters. The Bertz CT molecular complexity index is 643. The molecule has 2 aromatic rings. The summed E-state index contributed by atoms with van der Waals surface area (Å²) in [6.07, 6.45) is 0. The van der Waals surface area contributed by atoms with Crippen LogP contribution in [0.3, 0.4) is 0 Å². The summed E-state index contributed by atoms with van der Waals surface area (Å²) in [5.74, 6) is -0.0696. The van der Waals surface area contributed by atoms with E-state index in [1.165, 1.54) is 5.56 Å². The summed E-state index contributed by atoms with van der Waals surface area (Å²) in [6, 6.07) is 13.7. The third-order valence-corrected chi connectivity index (χ3v) is 4.11. The highest BCUT2D eigenvalue weighted by Crippen LogP contribution is 2.20. The van der Waals surface area contributed by atoms with E-state index in [0.29, 0.717) is 5.56 Å². The van der Waals surface area contributed by atoms with Crippen LogP contribution in [0.5, 0.6) is 0 Å². The van der Waals surface area contributed by atoms with Crippen LogP contribution in [0.1, 0.15) is 35.3 Å². The molecule has 3 heteroatoms. The van der Waals surface area contributed by atoms with Gasteiger partial charge in [-0.1, -0.05) is 12.1 Å². The molecule has 3 nitrogen and oxygen atoms in total. The van der Waals surface area contributed by atoms with Gasteiger partial charge >= 0.3 is 0 Å². The second-order valence-corrected chi connectivity index (χ2v) is 5.42. The summed E-state index contributed by atoms with van der Waals surface area (Å²) < 4.78 is 0. The highest BCUT2D eigenvalue weighted by Gasteiger charge is 2.09. The molecule has 0 saturated heterocycles. The van der Waals surface area contributed by atoms with Crippen molar-refractivity contribution in [3.8, 4) is 0 Å². The summed E-state index contributed by atoms with van der Waals surface area (Å²) in [5.41, 5.74) is 4.98. The van der Waals surface area contributed by atoms with Crippen molar-refractivity contribution in [1.82, 2.24) is 0 Å². The van der Waals surface area contributed by atoms with E-state index in [9.17, 15) is 4.79 Å². The number of nitrogens with zero attached hydrogens (tertiary/aromatic N) is 1. The largest absolute Gasteiger partial charge is 0.372 e. The predicted octanol–water partition coefficient (Wildman–Crippen LogP) is 4.40. The summed E-state index contributed by atoms with van der Waals surface area (Å²) in [6.45, 7) is 10.3. The topological polar surface area (TPSA) is 32.3 Å². The van der Waals surface area contributed by atoms with Gasteiger partial charge in [0, 0.05) is 30.0 Å². The van der Waals surface area contributed by atoms with Crippen molar-refractivity contribution < 1.29 is 4.79 Å². The first kappa shape index (κ1) is 16.1. The van der Waals surface area contributed by atoms with Crippen molar-refractivity contribution in [3.05, 3.63) is 59.2 Å². The van der Waals surface area contributed by atoms with Gasteiger partial charge < -0.3 is 10.2 Å². The van der Waals surface area contributed by atoms with Crippen molar-refractivity contribution >= 4 is 17.3 Å². The zero-order chi connectivity index (χ0) is 16.1. The lowest BCUT2D eigenvalue weighted by Crippen LogP contribution is -2.21. The van der Waals surface area contributed by atoms with Gasteiger partial charge in [0.1, 0.15) is 0 Å². The van der Waals surface area contributed by atoms with Gasteiger partial charge in [-0.2, -0.15) is 0 Å². The molecular weight excluding hydrogens is 272 g/mol. The zero-order valence-electron chi connectivity index (χ0n) is 13.8.